The van der Waals surface area contributed by atoms with E-state index in [9.17, 15) is 0 Å². The van der Waals surface area contributed by atoms with Crippen molar-refractivity contribution in [1.29, 1.82) is 0 Å². The van der Waals surface area contributed by atoms with Crippen molar-refractivity contribution >= 4 is 5.96 Å². The third kappa shape index (κ3) is 8.62. The van der Waals surface area contributed by atoms with Crippen LogP contribution in [0.3, 0.4) is 0 Å². The third-order valence-electron chi connectivity index (χ3n) is 4.17. The third-order valence-corrected chi connectivity index (χ3v) is 4.17. The van der Waals surface area contributed by atoms with Gasteiger partial charge in [0.15, 0.2) is 5.96 Å². The maximum atomic E-state index is 4.36. The molecule has 1 rings (SSSR count). The second-order valence-corrected chi connectivity index (χ2v) is 8.28. The highest BCUT2D eigenvalue weighted by atomic mass is 15.2. The summed E-state index contributed by atoms with van der Waals surface area (Å²) >= 11 is 0. The van der Waals surface area contributed by atoms with E-state index in [1.807, 2.05) is 7.05 Å². The molecule has 1 aliphatic heterocycles. The van der Waals surface area contributed by atoms with E-state index in [-0.39, 0.29) is 0 Å². The van der Waals surface area contributed by atoms with Gasteiger partial charge >= 0.3 is 0 Å². The number of aliphatic imine (C=N–C) groups is 1. The lowest BCUT2D eigenvalue weighted by Crippen LogP contribution is -2.49. The predicted molar refractivity (Wildman–Crippen MR) is 97.5 cm³/mol. The number of likely N-dealkylation sites (tertiary alicyclic amines) is 1. The topological polar surface area (TPSA) is 39.7 Å². The van der Waals surface area contributed by atoms with Crippen molar-refractivity contribution in [1.82, 2.24) is 15.5 Å². The lowest BCUT2D eigenvalue weighted by Gasteiger charge is -2.34. The second kappa shape index (κ2) is 9.39. The van der Waals surface area contributed by atoms with Gasteiger partial charge in [-0.25, -0.2) is 0 Å². The van der Waals surface area contributed by atoms with Crippen LogP contribution in [-0.4, -0.2) is 50.1 Å². The summed E-state index contributed by atoms with van der Waals surface area (Å²) in [5.41, 5.74) is 0.419. The minimum atomic E-state index is 0.419. The molecule has 0 atom stereocenters. The molecule has 1 fully saturated rings. The Morgan fingerprint density at radius 2 is 1.86 bits per heavy atom. The van der Waals surface area contributed by atoms with Crippen molar-refractivity contribution in [2.75, 3.05) is 33.2 Å². The van der Waals surface area contributed by atoms with Crippen LogP contribution in [0.5, 0.6) is 0 Å². The van der Waals surface area contributed by atoms with Gasteiger partial charge in [-0.3, -0.25) is 4.99 Å². The number of nitrogens with zero attached hydrogens (tertiary/aromatic N) is 2. The molecule has 0 aromatic carbocycles. The maximum absolute atomic E-state index is 4.36. The first-order chi connectivity index (χ1) is 10.3. The first-order valence-electron chi connectivity index (χ1n) is 8.99. The van der Waals surface area contributed by atoms with E-state index >= 15 is 0 Å². The quantitative estimate of drug-likeness (QED) is 0.450. The Bertz CT molecular complexity index is 322. The molecule has 0 unspecified atom stereocenters. The van der Waals surface area contributed by atoms with Crippen LogP contribution in [0.25, 0.3) is 0 Å². The fourth-order valence-corrected chi connectivity index (χ4v) is 2.99. The Balaban J connectivity index is 2.21. The summed E-state index contributed by atoms with van der Waals surface area (Å²) in [5, 5.41) is 7.05. The fourth-order valence-electron chi connectivity index (χ4n) is 2.99. The molecule has 0 bridgehead atoms. The average molecular weight is 311 g/mol. The van der Waals surface area contributed by atoms with Crippen LogP contribution in [0.15, 0.2) is 4.99 Å². The van der Waals surface area contributed by atoms with Crippen LogP contribution in [0.2, 0.25) is 0 Å². The van der Waals surface area contributed by atoms with E-state index in [1.54, 1.807) is 0 Å². The van der Waals surface area contributed by atoms with Crippen molar-refractivity contribution < 1.29 is 0 Å². The summed E-state index contributed by atoms with van der Waals surface area (Å²) < 4.78 is 0. The smallest absolute Gasteiger partial charge is 0.191 e. The van der Waals surface area contributed by atoms with E-state index in [0.717, 1.165) is 18.4 Å². The van der Waals surface area contributed by atoms with Gasteiger partial charge in [-0.2, -0.15) is 0 Å². The zero-order chi connectivity index (χ0) is 16.6. The van der Waals surface area contributed by atoms with Crippen molar-refractivity contribution in [3.8, 4) is 0 Å². The minimum Gasteiger partial charge on any atom is -0.356 e. The van der Waals surface area contributed by atoms with Crippen molar-refractivity contribution in [2.24, 2.45) is 16.3 Å². The standard InChI is InChI=1S/C18H38N4/c1-15(2)14-22-12-8-16(9-13-22)21-17(19-6)20-11-7-10-18(3,4)5/h15-16H,7-14H2,1-6H3,(H2,19,20,21). The highest BCUT2D eigenvalue weighted by Crippen LogP contribution is 2.19. The first-order valence-corrected chi connectivity index (χ1v) is 8.99. The molecule has 22 heavy (non-hydrogen) atoms. The van der Waals surface area contributed by atoms with Gasteiger partial charge in [0.2, 0.25) is 0 Å². The molecular weight excluding hydrogens is 272 g/mol. The monoisotopic (exact) mass is 310 g/mol. The van der Waals surface area contributed by atoms with E-state index in [4.69, 9.17) is 0 Å². The molecule has 0 amide bonds. The molecule has 0 radical (unpaired) electrons. The van der Waals surface area contributed by atoms with Crippen LogP contribution >= 0.6 is 0 Å². The maximum Gasteiger partial charge on any atom is 0.191 e. The van der Waals surface area contributed by atoms with Gasteiger partial charge in [0.1, 0.15) is 0 Å². The van der Waals surface area contributed by atoms with Gasteiger partial charge in [-0.05, 0) is 37.0 Å². The molecule has 1 heterocycles. The predicted octanol–water partition coefficient (Wildman–Crippen LogP) is 3.10. The first kappa shape index (κ1) is 19.3. The molecule has 1 aliphatic rings. The molecule has 4 heteroatoms. The number of nitrogens with one attached hydrogen (secondary N) is 2. The molecule has 1 saturated heterocycles. The van der Waals surface area contributed by atoms with Gasteiger partial charge in [-0.1, -0.05) is 34.6 Å². The van der Waals surface area contributed by atoms with Crippen molar-refractivity contribution in [2.45, 2.75) is 66.3 Å². The Morgan fingerprint density at radius 3 is 2.36 bits per heavy atom. The number of hydrogen-bond donors (Lipinski definition) is 2. The molecule has 0 saturated carbocycles. The molecule has 0 aliphatic carbocycles. The number of guanidine groups is 1. The van der Waals surface area contributed by atoms with Gasteiger partial charge in [0, 0.05) is 39.3 Å². The summed E-state index contributed by atoms with van der Waals surface area (Å²) in [6, 6.07) is 0.567. The van der Waals surface area contributed by atoms with Crippen molar-refractivity contribution in [3.05, 3.63) is 0 Å². The zero-order valence-corrected chi connectivity index (χ0v) is 15.7. The Morgan fingerprint density at radius 1 is 1.23 bits per heavy atom. The largest absolute Gasteiger partial charge is 0.356 e. The van der Waals surface area contributed by atoms with Gasteiger partial charge < -0.3 is 15.5 Å². The molecule has 0 spiro atoms. The SMILES string of the molecule is CN=C(NCCCC(C)(C)C)NC1CCN(CC(C)C)CC1. The van der Waals surface area contributed by atoms with Crippen LogP contribution in [0.4, 0.5) is 0 Å². The van der Waals surface area contributed by atoms with E-state index < -0.39 is 0 Å². The van der Waals surface area contributed by atoms with Crippen LogP contribution in [0.1, 0.15) is 60.3 Å². The Hall–Kier alpha value is -0.770. The molecule has 0 aromatic rings. The van der Waals surface area contributed by atoms with Gasteiger partial charge in [-0.15, -0.1) is 0 Å². The summed E-state index contributed by atoms with van der Waals surface area (Å²) in [4.78, 5) is 6.95. The summed E-state index contributed by atoms with van der Waals surface area (Å²) in [7, 11) is 1.87. The van der Waals surface area contributed by atoms with Gasteiger partial charge in [0.05, 0.1) is 0 Å². The number of piperidine rings is 1. The highest BCUT2D eigenvalue weighted by Gasteiger charge is 2.20. The summed E-state index contributed by atoms with van der Waals surface area (Å²) in [6.45, 7) is 16.1. The lowest BCUT2D eigenvalue weighted by molar-refractivity contribution is 0.187. The van der Waals surface area contributed by atoms with Crippen LogP contribution < -0.4 is 10.6 Å². The van der Waals surface area contributed by atoms with Crippen LogP contribution in [-0.2, 0) is 0 Å². The highest BCUT2D eigenvalue weighted by molar-refractivity contribution is 5.79. The van der Waals surface area contributed by atoms with E-state index in [1.165, 1.54) is 45.3 Å². The molecular formula is C18H38N4. The number of hydrogen-bond acceptors (Lipinski definition) is 2. The molecule has 0 aromatic heterocycles. The second-order valence-electron chi connectivity index (χ2n) is 8.28. The Kier molecular flexibility index (Phi) is 8.23. The normalized spacial score (nSPS) is 18.8. The molecule has 130 valence electrons. The molecule has 2 N–H and O–H groups in total. The minimum absolute atomic E-state index is 0.419. The Labute approximate surface area is 138 Å². The van der Waals surface area contributed by atoms with Crippen molar-refractivity contribution in [3.63, 3.8) is 0 Å². The van der Waals surface area contributed by atoms with Crippen LogP contribution in [0, 0.1) is 11.3 Å². The summed E-state index contributed by atoms with van der Waals surface area (Å²) in [5.74, 6) is 1.73. The number of rotatable bonds is 6. The summed E-state index contributed by atoms with van der Waals surface area (Å²) in [6.07, 6.45) is 4.87. The lowest BCUT2D eigenvalue weighted by atomic mass is 9.91. The van der Waals surface area contributed by atoms with E-state index in [2.05, 4.69) is 55.1 Å². The van der Waals surface area contributed by atoms with Gasteiger partial charge in [0.25, 0.3) is 0 Å². The molecule has 4 nitrogen and oxygen atoms in total. The fraction of sp³-hybridized carbons (Fsp3) is 0.944. The van der Waals surface area contributed by atoms with E-state index in [0.29, 0.717) is 11.5 Å². The zero-order valence-electron chi connectivity index (χ0n) is 15.7. The average Bonchev–Trinajstić information content (AvgIpc) is 2.42.